The summed E-state index contributed by atoms with van der Waals surface area (Å²) in [6.07, 6.45) is 21.0. The number of phenols is 1. The minimum absolute atomic E-state index is 0.000541. The Balaban J connectivity index is 1.92. The molecule has 0 saturated carbocycles. The van der Waals surface area contributed by atoms with E-state index in [0.29, 0.717) is 23.5 Å². The Kier molecular flexibility index (Phi) is 15.7. The van der Waals surface area contributed by atoms with Crippen LogP contribution in [0.4, 0.5) is 0 Å². The molecule has 1 N–H and O–H groups in total. The van der Waals surface area contributed by atoms with Crippen LogP contribution in [-0.4, -0.2) is 17.5 Å². The molecule has 0 atom stereocenters. The highest BCUT2D eigenvalue weighted by Crippen LogP contribution is 2.36. The van der Waals surface area contributed by atoms with Gasteiger partial charge in [0.1, 0.15) is 0 Å². The average molecular weight is 495 g/mol. The van der Waals surface area contributed by atoms with Crippen LogP contribution in [0.15, 0.2) is 42.5 Å². The lowest BCUT2D eigenvalue weighted by atomic mass is 9.97. The third-order valence-corrected chi connectivity index (χ3v) is 7.04. The molecule has 3 heteroatoms. The first-order chi connectivity index (χ1) is 17.7. The minimum atomic E-state index is -0.164. The maximum atomic E-state index is 13.0. The number of rotatable bonds is 21. The van der Waals surface area contributed by atoms with E-state index in [-0.39, 0.29) is 11.5 Å². The summed E-state index contributed by atoms with van der Waals surface area (Å²) in [5, 5.41) is 11.1. The van der Waals surface area contributed by atoms with Crippen LogP contribution < -0.4 is 4.74 Å². The van der Waals surface area contributed by atoms with E-state index in [1.807, 2.05) is 24.3 Å². The third-order valence-electron chi connectivity index (χ3n) is 7.04. The Bertz CT molecular complexity index is 844. The molecule has 0 fully saturated rings. The summed E-state index contributed by atoms with van der Waals surface area (Å²) in [4.78, 5) is 13.0. The number of hydrogen-bond acceptors (Lipinski definition) is 3. The molecule has 2 rings (SSSR count). The molecule has 0 unspecified atom stereocenters. The Hall–Kier alpha value is -2.29. The normalized spacial score (nSPS) is 11.1. The summed E-state index contributed by atoms with van der Waals surface area (Å²) >= 11 is 0. The quantitative estimate of drug-likeness (QED) is 0.139. The van der Waals surface area contributed by atoms with E-state index in [1.54, 1.807) is 18.2 Å². The van der Waals surface area contributed by atoms with E-state index in [9.17, 15) is 9.90 Å². The monoisotopic (exact) mass is 494 g/mol. The van der Waals surface area contributed by atoms with Crippen molar-refractivity contribution in [1.29, 1.82) is 0 Å². The van der Waals surface area contributed by atoms with Gasteiger partial charge in [0.15, 0.2) is 17.3 Å². The number of aryl methyl sites for hydroxylation is 1. The van der Waals surface area contributed by atoms with Crippen molar-refractivity contribution in [3.05, 3.63) is 59.2 Å². The Morgan fingerprint density at radius 2 is 1.19 bits per heavy atom. The molecule has 0 bridgehead atoms. The molecule has 0 aliphatic rings. The highest BCUT2D eigenvalue weighted by molar-refractivity contribution is 6.11. The second kappa shape index (κ2) is 18.9. The van der Waals surface area contributed by atoms with Gasteiger partial charge in [0.05, 0.1) is 12.2 Å². The van der Waals surface area contributed by atoms with E-state index < -0.39 is 0 Å². The number of ketones is 1. The van der Waals surface area contributed by atoms with Crippen molar-refractivity contribution in [2.45, 2.75) is 123 Å². The molecule has 0 radical (unpaired) electrons. The fraction of sp³-hybridized carbons (Fsp3) is 0.606. The summed E-state index contributed by atoms with van der Waals surface area (Å²) in [7, 11) is 0. The second-order valence-corrected chi connectivity index (χ2v) is 10.2. The molecule has 0 amide bonds. The molecule has 0 aliphatic heterocycles. The standard InChI is InChI=1S/C33H50O3/c1-3-5-7-9-11-12-13-14-15-18-24-29-25-26-30(31(34)28-22-19-17-20-23-28)32(35)33(29)36-27-21-16-10-8-6-4-2/h17,19-20,22-23,25-26,35H,3-16,18,21,24,27H2,1-2H3. The molecule has 2 aromatic rings. The van der Waals surface area contributed by atoms with Crippen molar-refractivity contribution in [1.82, 2.24) is 0 Å². The van der Waals surface area contributed by atoms with E-state index in [0.717, 1.165) is 31.2 Å². The highest BCUT2D eigenvalue weighted by atomic mass is 16.5. The largest absolute Gasteiger partial charge is 0.504 e. The van der Waals surface area contributed by atoms with Crippen molar-refractivity contribution in [2.24, 2.45) is 0 Å². The van der Waals surface area contributed by atoms with E-state index in [2.05, 4.69) is 13.8 Å². The van der Waals surface area contributed by atoms with Crippen LogP contribution in [0.2, 0.25) is 0 Å². The van der Waals surface area contributed by atoms with Crippen LogP contribution in [0.25, 0.3) is 0 Å². The van der Waals surface area contributed by atoms with Gasteiger partial charge in [-0.1, -0.05) is 140 Å². The van der Waals surface area contributed by atoms with Crippen LogP contribution in [0.1, 0.15) is 138 Å². The topological polar surface area (TPSA) is 46.5 Å². The molecule has 36 heavy (non-hydrogen) atoms. The number of hydrogen-bond donors (Lipinski definition) is 1. The van der Waals surface area contributed by atoms with Crippen molar-refractivity contribution in [3.63, 3.8) is 0 Å². The predicted octanol–water partition coefficient (Wildman–Crippen LogP) is 9.83. The van der Waals surface area contributed by atoms with Crippen molar-refractivity contribution >= 4 is 5.78 Å². The van der Waals surface area contributed by atoms with Crippen molar-refractivity contribution in [3.8, 4) is 11.5 Å². The SMILES string of the molecule is CCCCCCCCCCCCc1ccc(C(=O)c2ccccc2)c(O)c1OCCCCCCCC. The molecular weight excluding hydrogens is 444 g/mol. The van der Waals surface area contributed by atoms with Gasteiger partial charge >= 0.3 is 0 Å². The zero-order chi connectivity index (χ0) is 25.8. The lowest BCUT2D eigenvalue weighted by Gasteiger charge is -2.16. The zero-order valence-corrected chi connectivity index (χ0v) is 23.0. The fourth-order valence-electron chi connectivity index (χ4n) is 4.76. The van der Waals surface area contributed by atoms with Gasteiger partial charge in [-0.15, -0.1) is 0 Å². The van der Waals surface area contributed by atoms with Gasteiger partial charge in [-0.3, -0.25) is 4.79 Å². The fourth-order valence-corrected chi connectivity index (χ4v) is 4.76. The summed E-state index contributed by atoms with van der Waals surface area (Å²) < 4.78 is 6.14. The Labute approximate surface area is 220 Å². The summed E-state index contributed by atoms with van der Waals surface area (Å²) in [5.74, 6) is 0.351. The van der Waals surface area contributed by atoms with Gasteiger partial charge in [-0.25, -0.2) is 0 Å². The molecule has 0 heterocycles. The molecule has 0 aliphatic carbocycles. The maximum absolute atomic E-state index is 13.0. The van der Waals surface area contributed by atoms with Crippen LogP contribution in [0.5, 0.6) is 11.5 Å². The van der Waals surface area contributed by atoms with Crippen LogP contribution >= 0.6 is 0 Å². The zero-order valence-electron chi connectivity index (χ0n) is 23.0. The number of unbranched alkanes of at least 4 members (excludes halogenated alkanes) is 14. The van der Waals surface area contributed by atoms with Crippen LogP contribution in [0.3, 0.4) is 0 Å². The molecule has 0 saturated heterocycles. The lowest BCUT2D eigenvalue weighted by Crippen LogP contribution is -2.06. The molecule has 200 valence electrons. The van der Waals surface area contributed by atoms with E-state index in [4.69, 9.17) is 4.74 Å². The highest BCUT2D eigenvalue weighted by Gasteiger charge is 2.20. The molecule has 3 nitrogen and oxygen atoms in total. The van der Waals surface area contributed by atoms with E-state index in [1.165, 1.54) is 83.5 Å². The van der Waals surface area contributed by atoms with Crippen LogP contribution in [0, 0.1) is 0 Å². The summed E-state index contributed by atoms with van der Waals surface area (Å²) in [6.45, 7) is 5.07. The predicted molar refractivity (Wildman–Crippen MR) is 152 cm³/mol. The van der Waals surface area contributed by atoms with Crippen molar-refractivity contribution in [2.75, 3.05) is 6.61 Å². The number of carbonyl (C=O) groups is 1. The van der Waals surface area contributed by atoms with Gasteiger partial charge in [-0.2, -0.15) is 0 Å². The first-order valence-electron chi connectivity index (χ1n) is 14.8. The molecule has 0 aromatic heterocycles. The van der Waals surface area contributed by atoms with Gasteiger partial charge in [0.25, 0.3) is 0 Å². The van der Waals surface area contributed by atoms with Gasteiger partial charge < -0.3 is 9.84 Å². The van der Waals surface area contributed by atoms with Gasteiger partial charge in [0.2, 0.25) is 0 Å². The summed E-state index contributed by atoms with van der Waals surface area (Å²) in [6, 6.07) is 12.9. The van der Waals surface area contributed by atoms with Gasteiger partial charge in [0, 0.05) is 5.56 Å². The average Bonchev–Trinajstić information content (AvgIpc) is 2.90. The Morgan fingerprint density at radius 1 is 0.667 bits per heavy atom. The first kappa shape index (κ1) is 29.9. The number of carbonyl (C=O) groups excluding carboxylic acids is 1. The number of phenolic OH excluding ortho intramolecular Hbond substituents is 1. The first-order valence-corrected chi connectivity index (χ1v) is 14.8. The van der Waals surface area contributed by atoms with Crippen molar-refractivity contribution < 1.29 is 14.6 Å². The molecule has 0 spiro atoms. The lowest BCUT2D eigenvalue weighted by molar-refractivity contribution is 0.103. The third kappa shape index (κ3) is 11.2. The van der Waals surface area contributed by atoms with Gasteiger partial charge in [-0.05, 0) is 30.9 Å². The number of aromatic hydroxyl groups is 1. The van der Waals surface area contributed by atoms with E-state index >= 15 is 0 Å². The number of benzene rings is 2. The Morgan fingerprint density at radius 3 is 1.78 bits per heavy atom. The minimum Gasteiger partial charge on any atom is -0.504 e. The number of ether oxygens (including phenoxy) is 1. The maximum Gasteiger partial charge on any atom is 0.196 e. The molecule has 2 aromatic carbocycles. The second-order valence-electron chi connectivity index (χ2n) is 10.2. The molecular formula is C33H50O3. The summed E-state index contributed by atoms with van der Waals surface area (Å²) in [5.41, 5.74) is 1.92. The smallest absolute Gasteiger partial charge is 0.196 e. The van der Waals surface area contributed by atoms with Crippen LogP contribution in [-0.2, 0) is 6.42 Å².